The van der Waals surface area contributed by atoms with Gasteiger partial charge in [0.1, 0.15) is 5.69 Å². The fourth-order valence-corrected chi connectivity index (χ4v) is 2.47. The average molecular weight is 264 g/mol. The lowest BCUT2D eigenvalue weighted by Crippen LogP contribution is -2.41. The molecule has 2 unspecified atom stereocenters. The fourth-order valence-electron chi connectivity index (χ4n) is 2.47. The topological polar surface area (TPSA) is 64.4 Å². The number of anilines is 1. The van der Waals surface area contributed by atoms with Crippen molar-refractivity contribution in [2.75, 3.05) is 11.9 Å². The average Bonchev–Trinajstić information content (AvgIpc) is 2.39. The van der Waals surface area contributed by atoms with Crippen molar-refractivity contribution in [2.24, 2.45) is 0 Å². The Kier molecular flexibility index (Phi) is 4.04. The van der Waals surface area contributed by atoms with E-state index in [-0.39, 0.29) is 22.3 Å². The van der Waals surface area contributed by atoms with Crippen molar-refractivity contribution < 1.29 is 9.66 Å². The van der Waals surface area contributed by atoms with Gasteiger partial charge in [-0.2, -0.15) is 0 Å². The summed E-state index contributed by atoms with van der Waals surface area (Å²) < 4.78 is 5.79. The molecule has 1 N–H and O–H groups in total. The molecule has 104 valence electrons. The Bertz CT molecular complexity index is 464. The third-order valence-corrected chi connectivity index (χ3v) is 3.80. The summed E-state index contributed by atoms with van der Waals surface area (Å²) in [5.74, 6) is 0. The summed E-state index contributed by atoms with van der Waals surface area (Å²) in [5.41, 5.74) is 0.601. The Morgan fingerprint density at radius 1 is 1.53 bits per heavy atom. The molecule has 1 saturated heterocycles. The first-order valence-electron chi connectivity index (χ1n) is 6.68. The molecular weight excluding hydrogens is 244 g/mol. The Balaban J connectivity index is 2.11. The molecule has 1 heterocycles. The number of ether oxygens (including phenoxy) is 1. The van der Waals surface area contributed by atoms with Gasteiger partial charge in [0.25, 0.3) is 5.69 Å². The normalized spacial score (nSPS) is 26.9. The summed E-state index contributed by atoms with van der Waals surface area (Å²) in [6, 6.07) is 7.01. The number of rotatable bonds is 4. The third-order valence-electron chi connectivity index (χ3n) is 3.80. The van der Waals surface area contributed by atoms with Crippen molar-refractivity contribution >= 4 is 11.4 Å². The van der Waals surface area contributed by atoms with Gasteiger partial charge in [-0.3, -0.25) is 10.1 Å². The SMILES string of the molecule is CCC1(C)CC(Nc2ccccc2[N+](=O)[O-])CCO1. The highest BCUT2D eigenvalue weighted by Crippen LogP contribution is 2.31. The quantitative estimate of drug-likeness (QED) is 0.669. The summed E-state index contributed by atoms with van der Waals surface area (Å²) in [7, 11) is 0. The van der Waals surface area contributed by atoms with E-state index in [1.165, 1.54) is 6.07 Å². The number of nitro groups is 1. The minimum absolute atomic E-state index is 0.126. The van der Waals surface area contributed by atoms with Crippen LogP contribution >= 0.6 is 0 Å². The number of nitrogens with one attached hydrogen (secondary N) is 1. The largest absolute Gasteiger partial charge is 0.377 e. The molecule has 2 atom stereocenters. The van der Waals surface area contributed by atoms with Crippen molar-refractivity contribution in [3.05, 3.63) is 34.4 Å². The molecule has 0 aromatic heterocycles. The molecule has 1 aromatic carbocycles. The lowest BCUT2D eigenvalue weighted by Gasteiger charge is -2.38. The minimum atomic E-state index is -0.347. The molecule has 1 aliphatic rings. The van der Waals surface area contributed by atoms with Crippen molar-refractivity contribution in [2.45, 2.75) is 44.8 Å². The highest BCUT2D eigenvalue weighted by molar-refractivity contribution is 5.61. The summed E-state index contributed by atoms with van der Waals surface area (Å²) >= 11 is 0. The lowest BCUT2D eigenvalue weighted by atomic mass is 9.90. The van der Waals surface area contributed by atoms with Crippen LogP contribution in [0.5, 0.6) is 0 Å². The maximum Gasteiger partial charge on any atom is 0.292 e. The minimum Gasteiger partial charge on any atom is -0.377 e. The van der Waals surface area contributed by atoms with Crippen LogP contribution in [0.15, 0.2) is 24.3 Å². The van der Waals surface area contributed by atoms with Gasteiger partial charge in [0, 0.05) is 18.7 Å². The molecule has 0 bridgehead atoms. The van der Waals surface area contributed by atoms with Crippen molar-refractivity contribution in [1.29, 1.82) is 0 Å². The number of benzene rings is 1. The Labute approximate surface area is 113 Å². The molecule has 2 rings (SSSR count). The first kappa shape index (κ1) is 13.8. The van der Waals surface area contributed by atoms with Crippen molar-refractivity contribution in [3.63, 3.8) is 0 Å². The second-order valence-electron chi connectivity index (χ2n) is 5.26. The predicted octanol–water partition coefficient (Wildman–Crippen LogP) is 3.35. The second kappa shape index (κ2) is 5.57. The highest BCUT2D eigenvalue weighted by atomic mass is 16.6. The van der Waals surface area contributed by atoms with Crippen LogP contribution in [0.1, 0.15) is 33.1 Å². The molecule has 1 aromatic rings. The zero-order chi connectivity index (χ0) is 13.9. The van der Waals surface area contributed by atoms with Gasteiger partial charge in [-0.1, -0.05) is 19.1 Å². The predicted molar refractivity (Wildman–Crippen MR) is 74.4 cm³/mol. The number of hydrogen-bond acceptors (Lipinski definition) is 4. The van der Waals surface area contributed by atoms with Crippen molar-refractivity contribution in [3.8, 4) is 0 Å². The maximum atomic E-state index is 11.0. The molecule has 0 spiro atoms. The summed E-state index contributed by atoms with van der Waals surface area (Å²) in [6.07, 6.45) is 2.69. The third kappa shape index (κ3) is 3.23. The molecule has 1 aliphatic heterocycles. The van der Waals surface area contributed by atoms with Gasteiger partial charge < -0.3 is 10.1 Å². The highest BCUT2D eigenvalue weighted by Gasteiger charge is 2.32. The zero-order valence-corrected chi connectivity index (χ0v) is 11.4. The van der Waals surface area contributed by atoms with Gasteiger partial charge in [0.15, 0.2) is 0 Å². The molecule has 0 aliphatic carbocycles. The van der Waals surface area contributed by atoms with E-state index < -0.39 is 0 Å². The second-order valence-corrected chi connectivity index (χ2v) is 5.26. The van der Waals surface area contributed by atoms with Crippen LogP contribution in [-0.4, -0.2) is 23.2 Å². The van der Waals surface area contributed by atoms with Crippen LogP contribution in [0.3, 0.4) is 0 Å². The number of hydrogen-bond donors (Lipinski definition) is 1. The Morgan fingerprint density at radius 3 is 2.95 bits per heavy atom. The molecular formula is C14H20N2O3. The summed E-state index contributed by atoms with van der Waals surface area (Å²) in [4.78, 5) is 10.6. The van der Waals surface area contributed by atoms with Gasteiger partial charge in [-0.15, -0.1) is 0 Å². The van der Waals surface area contributed by atoms with E-state index >= 15 is 0 Å². The van der Waals surface area contributed by atoms with Crippen molar-refractivity contribution in [1.82, 2.24) is 0 Å². The van der Waals surface area contributed by atoms with Gasteiger partial charge in [0.2, 0.25) is 0 Å². The van der Waals surface area contributed by atoms with E-state index in [0.717, 1.165) is 19.3 Å². The van der Waals surface area contributed by atoms with Crippen LogP contribution in [0, 0.1) is 10.1 Å². The number of para-hydroxylation sites is 2. The van der Waals surface area contributed by atoms with E-state index in [1.54, 1.807) is 12.1 Å². The molecule has 19 heavy (non-hydrogen) atoms. The van der Waals surface area contributed by atoms with Gasteiger partial charge >= 0.3 is 0 Å². The van der Waals surface area contributed by atoms with Gasteiger partial charge in [-0.25, -0.2) is 0 Å². The summed E-state index contributed by atoms with van der Waals surface area (Å²) in [5, 5.41) is 14.3. The van der Waals surface area contributed by atoms with Crippen LogP contribution in [0.2, 0.25) is 0 Å². The first-order chi connectivity index (χ1) is 9.04. The Morgan fingerprint density at radius 2 is 2.26 bits per heavy atom. The molecule has 1 fully saturated rings. The summed E-state index contributed by atoms with van der Waals surface area (Å²) in [6.45, 7) is 4.90. The van der Waals surface area contributed by atoms with E-state index in [0.29, 0.717) is 12.3 Å². The monoisotopic (exact) mass is 264 g/mol. The Hall–Kier alpha value is -1.62. The van der Waals surface area contributed by atoms with Crippen LogP contribution < -0.4 is 5.32 Å². The number of nitro benzene ring substituents is 1. The van der Waals surface area contributed by atoms with Gasteiger partial charge in [-0.05, 0) is 32.3 Å². The van der Waals surface area contributed by atoms with Crippen LogP contribution in [0.25, 0.3) is 0 Å². The first-order valence-corrected chi connectivity index (χ1v) is 6.68. The molecule has 0 amide bonds. The molecule has 5 heteroatoms. The number of nitrogens with zero attached hydrogens (tertiary/aromatic N) is 1. The van der Waals surface area contributed by atoms with E-state index in [2.05, 4.69) is 19.2 Å². The van der Waals surface area contributed by atoms with Crippen LogP contribution in [-0.2, 0) is 4.74 Å². The molecule has 0 saturated carbocycles. The fraction of sp³-hybridized carbons (Fsp3) is 0.571. The maximum absolute atomic E-state index is 11.0. The molecule has 0 radical (unpaired) electrons. The van der Waals surface area contributed by atoms with E-state index in [4.69, 9.17) is 4.74 Å². The standard InChI is InChI=1S/C14H20N2O3/c1-3-14(2)10-11(8-9-19-14)15-12-6-4-5-7-13(12)16(17)18/h4-7,11,15H,3,8-10H2,1-2H3. The zero-order valence-electron chi connectivity index (χ0n) is 11.4. The van der Waals surface area contributed by atoms with E-state index in [1.807, 2.05) is 6.07 Å². The van der Waals surface area contributed by atoms with Crippen LogP contribution in [0.4, 0.5) is 11.4 Å². The lowest BCUT2D eigenvalue weighted by molar-refractivity contribution is -0.384. The van der Waals surface area contributed by atoms with E-state index in [9.17, 15) is 10.1 Å². The van der Waals surface area contributed by atoms with Gasteiger partial charge in [0.05, 0.1) is 10.5 Å². The molecule has 5 nitrogen and oxygen atoms in total. The smallest absolute Gasteiger partial charge is 0.292 e.